The summed E-state index contributed by atoms with van der Waals surface area (Å²) in [7, 11) is 1.40. The molecule has 1 amide bonds. The molecule has 0 aliphatic rings. The largest absolute Gasteiger partial charge is 0.481 e. The van der Waals surface area contributed by atoms with E-state index in [2.05, 4.69) is 0 Å². The van der Waals surface area contributed by atoms with Gasteiger partial charge in [0.05, 0.1) is 11.1 Å². The predicted octanol–water partition coefficient (Wildman–Crippen LogP) is 5.31. The van der Waals surface area contributed by atoms with E-state index in [1.807, 2.05) is 0 Å². The molecule has 1 aromatic heterocycles. The molecule has 0 radical (unpaired) electrons. The van der Waals surface area contributed by atoms with Crippen LogP contribution < -0.4 is 11.3 Å². The Morgan fingerprint density at radius 3 is 2.05 bits per heavy atom. The summed E-state index contributed by atoms with van der Waals surface area (Å²) in [6, 6.07) is 13.8. The fraction of sp³-hybridized carbons (Fsp3) is 0.148. The number of halogens is 5. The van der Waals surface area contributed by atoms with Gasteiger partial charge in [-0.25, -0.2) is 8.78 Å². The van der Waals surface area contributed by atoms with Gasteiger partial charge >= 0.3 is 12.1 Å². The lowest BCUT2D eigenvalue weighted by atomic mass is 9.92. The molecule has 4 aromatic rings. The van der Waals surface area contributed by atoms with Crippen LogP contribution in [0.15, 0.2) is 71.7 Å². The number of hydrogen-bond acceptors (Lipinski definition) is 3. The van der Waals surface area contributed by atoms with Crippen molar-refractivity contribution >= 4 is 22.6 Å². The first-order valence-electron chi connectivity index (χ1n) is 11.1. The molecule has 0 aliphatic heterocycles. The van der Waals surface area contributed by atoms with Gasteiger partial charge in [-0.15, -0.1) is 0 Å². The third-order valence-corrected chi connectivity index (χ3v) is 5.67. The molecule has 11 heteroatoms. The molecule has 0 atom stereocenters. The second-order valence-corrected chi connectivity index (χ2v) is 8.19. The van der Waals surface area contributed by atoms with Crippen molar-refractivity contribution in [2.45, 2.75) is 19.0 Å². The normalized spacial score (nSPS) is 11.1. The molecule has 198 valence electrons. The minimum Gasteiger partial charge on any atom is -0.481 e. The Bertz CT molecular complexity index is 1560. The molecule has 0 fully saturated rings. The van der Waals surface area contributed by atoms with Crippen molar-refractivity contribution in [2.24, 2.45) is 12.8 Å². The molecular weight excluding hydrogens is 511 g/mol. The van der Waals surface area contributed by atoms with Crippen molar-refractivity contribution in [2.75, 3.05) is 0 Å². The molecule has 0 aliphatic carbocycles. The number of carboxylic acid groups (broad SMARTS) is 1. The number of nitrogens with zero attached hydrogens (tertiary/aromatic N) is 1. The SMILES string of the molecule is Cn1ccc(C(F)(F)F)c(-c2cccc3c(CCC(=O)O)cccc23)c1=O.NC(=O)c1c(F)cccc1F. The van der Waals surface area contributed by atoms with Gasteiger partial charge in [-0.1, -0.05) is 42.5 Å². The third-order valence-electron chi connectivity index (χ3n) is 5.67. The Kier molecular flexibility index (Phi) is 8.29. The average Bonchev–Trinajstić information content (AvgIpc) is 2.83. The number of carbonyl (C=O) groups is 2. The summed E-state index contributed by atoms with van der Waals surface area (Å²) in [5, 5.41) is 10.0. The molecular formula is C27H21F5N2O4. The zero-order valence-electron chi connectivity index (χ0n) is 19.9. The minimum absolute atomic E-state index is 0.0930. The maximum absolute atomic E-state index is 13.5. The number of hydrogen-bond donors (Lipinski definition) is 2. The number of amides is 1. The highest BCUT2D eigenvalue weighted by molar-refractivity contribution is 5.99. The van der Waals surface area contributed by atoms with E-state index >= 15 is 0 Å². The monoisotopic (exact) mass is 532 g/mol. The van der Waals surface area contributed by atoms with E-state index < -0.39 is 51.9 Å². The summed E-state index contributed by atoms with van der Waals surface area (Å²) in [5.74, 6) is -3.92. The number of rotatable bonds is 5. The molecule has 3 aromatic carbocycles. The van der Waals surface area contributed by atoms with E-state index in [0.717, 1.165) is 35.0 Å². The number of carbonyl (C=O) groups excluding carboxylic acids is 1. The number of aryl methyl sites for hydroxylation is 2. The first kappa shape index (κ1) is 28.0. The number of fused-ring (bicyclic) bond motifs is 1. The number of aliphatic carboxylic acids is 1. The third kappa shape index (κ3) is 6.05. The van der Waals surface area contributed by atoms with Gasteiger partial charge in [-0.3, -0.25) is 14.4 Å². The van der Waals surface area contributed by atoms with Crippen molar-refractivity contribution in [1.82, 2.24) is 4.57 Å². The first-order valence-corrected chi connectivity index (χ1v) is 11.1. The van der Waals surface area contributed by atoms with Crippen LogP contribution in [0, 0.1) is 11.6 Å². The van der Waals surface area contributed by atoms with Gasteiger partial charge < -0.3 is 15.4 Å². The average molecular weight is 532 g/mol. The maximum Gasteiger partial charge on any atom is 0.417 e. The number of benzene rings is 3. The van der Waals surface area contributed by atoms with E-state index in [-0.39, 0.29) is 18.4 Å². The Hall–Kier alpha value is -4.54. The lowest BCUT2D eigenvalue weighted by Crippen LogP contribution is -2.23. The van der Waals surface area contributed by atoms with Crippen LogP contribution in [0.3, 0.4) is 0 Å². The standard InChI is InChI=1S/C20H16F3NO3.C7H5F2NO/c1-24-11-10-16(20(21,22)23)18(19(24)27)15-7-3-5-13-12(8-9-17(25)26)4-2-6-14(13)15;8-4-2-1-3-5(9)6(4)7(10)11/h2-7,10-11H,8-9H2,1H3,(H,25,26);1-3H,(H2,10,11). The zero-order chi connectivity index (χ0) is 28.2. The van der Waals surface area contributed by atoms with Gasteiger partial charge in [0.15, 0.2) is 0 Å². The molecule has 38 heavy (non-hydrogen) atoms. The highest BCUT2D eigenvalue weighted by atomic mass is 19.4. The molecule has 3 N–H and O–H groups in total. The van der Waals surface area contributed by atoms with Crippen LogP contribution in [0.25, 0.3) is 21.9 Å². The molecule has 0 unspecified atom stereocenters. The van der Waals surface area contributed by atoms with E-state index in [1.54, 1.807) is 30.3 Å². The highest BCUT2D eigenvalue weighted by Crippen LogP contribution is 2.38. The van der Waals surface area contributed by atoms with Crippen LogP contribution in [0.1, 0.15) is 27.9 Å². The molecule has 6 nitrogen and oxygen atoms in total. The van der Waals surface area contributed by atoms with Crippen molar-refractivity contribution in [1.29, 1.82) is 0 Å². The van der Waals surface area contributed by atoms with Gasteiger partial charge in [0, 0.05) is 19.7 Å². The van der Waals surface area contributed by atoms with E-state index in [4.69, 9.17) is 10.8 Å². The maximum atomic E-state index is 13.5. The van der Waals surface area contributed by atoms with Crippen molar-refractivity contribution in [3.05, 3.63) is 106 Å². The fourth-order valence-electron chi connectivity index (χ4n) is 3.91. The van der Waals surface area contributed by atoms with Crippen molar-refractivity contribution in [3.63, 3.8) is 0 Å². The Balaban J connectivity index is 0.000000304. The van der Waals surface area contributed by atoms with E-state index in [0.29, 0.717) is 16.3 Å². The minimum atomic E-state index is -4.67. The van der Waals surface area contributed by atoms with Crippen LogP contribution in [0.4, 0.5) is 22.0 Å². The fourth-order valence-corrected chi connectivity index (χ4v) is 3.91. The van der Waals surface area contributed by atoms with Gasteiger partial charge in [-0.2, -0.15) is 13.2 Å². The van der Waals surface area contributed by atoms with Crippen LogP contribution in [-0.2, 0) is 24.4 Å². The molecule has 1 heterocycles. The predicted molar refractivity (Wildman–Crippen MR) is 130 cm³/mol. The summed E-state index contributed by atoms with van der Waals surface area (Å²) in [6.07, 6.45) is -3.43. The summed E-state index contributed by atoms with van der Waals surface area (Å²) >= 11 is 0. The van der Waals surface area contributed by atoms with Crippen molar-refractivity contribution < 1.29 is 36.6 Å². The van der Waals surface area contributed by atoms with Crippen molar-refractivity contribution in [3.8, 4) is 11.1 Å². The van der Waals surface area contributed by atoms with Crippen LogP contribution in [0.5, 0.6) is 0 Å². The lowest BCUT2D eigenvalue weighted by molar-refractivity contribution is -0.138. The number of alkyl halides is 3. The Morgan fingerprint density at radius 2 is 1.50 bits per heavy atom. The second kappa shape index (κ2) is 11.2. The van der Waals surface area contributed by atoms with E-state index in [1.165, 1.54) is 13.1 Å². The van der Waals surface area contributed by atoms with Crippen LogP contribution in [-0.4, -0.2) is 21.6 Å². The topological polar surface area (TPSA) is 102 Å². The number of nitrogens with two attached hydrogens (primary N) is 1. The first-order chi connectivity index (χ1) is 17.8. The number of pyridine rings is 1. The molecule has 0 bridgehead atoms. The summed E-state index contributed by atoms with van der Waals surface area (Å²) in [4.78, 5) is 33.8. The van der Waals surface area contributed by atoms with E-state index in [9.17, 15) is 36.3 Å². The smallest absolute Gasteiger partial charge is 0.417 e. The number of primary amides is 1. The second-order valence-electron chi connectivity index (χ2n) is 8.19. The summed E-state index contributed by atoms with van der Waals surface area (Å²) in [6.45, 7) is 0. The molecule has 0 spiro atoms. The quantitative estimate of drug-likeness (QED) is 0.340. The summed E-state index contributed by atoms with van der Waals surface area (Å²) in [5.41, 5.74) is 2.75. The van der Waals surface area contributed by atoms with Gasteiger partial charge in [0.2, 0.25) is 0 Å². The number of carboxylic acids is 1. The van der Waals surface area contributed by atoms with Gasteiger partial charge in [0.25, 0.3) is 11.5 Å². The Morgan fingerprint density at radius 1 is 0.921 bits per heavy atom. The highest BCUT2D eigenvalue weighted by Gasteiger charge is 2.35. The van der Waals surface area contributed by atoms with Gasteiger partial charge in [-0.05, 0) is 46.5 Å². The number of aromatic nitrogens is 1. The van der Waals surface area contributed by atoms with Crippen LogP contribution >= 0.6 is 0 Å². The lowest BCUT2D eigenvalue weighted by Gasteiger charge is -2.16. The zero-order valence-corrected chi connectivity index (χ0v) is 19.9. The molecule has 4 rings (SSSR count). The van der Waals surface area contributed by atoms with Gasteiger partial charge in [0.1, 0.15) is 17.2 Å². The molecule has 0 saturated heterocycles. The molecule has 0 saturated carbocycles. The summed E-state index contributed by atoms with van der Waals surface area (Å²) < 4.78 is 66.8. The van der Waals surface area contributed by atoms with Crippen LogP contribution in [0.2, 0.25) is 0 Å². The Labute approximate surface area is 212 Å².